The van der Waals surface area contributed by atoms with Gasteiger partial charge in [-0.15, -0.1) is 6.58 Å². The van der Waals surface area contributed by atoms with E-state index in [1.165, 1.54) is 11.1 Å². The molecule has 0 amide bonds. The molecular formula is C26H28N6O2. The lowest BCUT2D eigenvalue weighted by atomic mass is 10.0. The second-order valence-electron chi connectivity index (χ2n) is 9.07. The number of benzene rings is 1. The zero-order valence-corrected chi connectivity index (χ0v) is 19.4. The molecule has 8 nitrogen and oxygen atoms in total. The summed E-state index contributed by atoms with van der Waals surface area (Å²) in [6.07, 6.45) is 5.92. The number of nitrogens with zero attached hydrogens (tertiary/aromatic N) is 4. The van der Waals surface area contributed by atoms with E-state index in [0.29, 0.717) is 29.0 Å². The molecule has 5 rings (SSSR count). The Labute approximate surface area is 197 Å². The van der Waals surface area contributed by atoms with Crippen LogP contribution in [0.3, 0.4) is 0 Å². The average molecular weight is 457 g/mol. The second-order valence-corrected chi connectivity index (χ2v) is 9.07. The molecule has 0 spiro atoms. The lowest BCUT2D eigenvalue weighted by Crippen LogP contribution is -2.23. The number of pyridine rings is 2. The Bertz CT molecular complexity index is 1440. The van der Waals surface area contributed by atoms with E-state index in [1.807, 2.05) is 22.9 Å². The molecule has 3 aromatic heterocycles. The third-order valence-corrected chi connectivity index (χ3v) is 6.10. The van der Waals surface area contributed by atoms with E-state index in [2.05, 4.69) is 39.3 Å². The van der Waals surface area contributed by atoms with Gasteiger partial charge < -0.3 is 15.7 Å². The Balaban J connectivity index is 1.62. The van der Waals surface area contributed by atoms with E-state index < -0.39 is 5.60 Å². The molecule has 0 saturated carbocycles. The molecule has 0 atom stereocenters. The van der Waals surface area contributed by atoms with Gasteiger partial charge in [-0.25, -0.2) is 14.3 Å². The van der Waals surface area contributed by atoms with E-state index in [9.17, 15) is 9.90 Å². The lowest BCUT2D eigenvalue weighted by Gasteiger charge is -2.19. The maximum Gasteiger partial charge on any atom is 0.276 e. The average Bonchev–Trinajstić information content (AvgIpc) is 3.10. The maximum atomic E-state index is 13.2. The summed E-state index contributed by atoms with van der Waals surface area (Å²) in [5.74, 6) is 0.641. The zero-order chi connectivity index (χ0) is 23.9. The monoisotopic (exact) mass is 456 g/mol. The van der Waals surface area contributed by atoms with Gasteiger partial charge in [0.1, 0.15) is 11.4 Å². The fourth-order valence-corrected chi connectivity index (χ4v) is 4.37. The molecule has 3 N–H and O–H groups in total. The number of nitrogens with one attached hydrogen (secondary N) is 2. The van der Waals surface area contributed by atoms with Crippen molar-refractivity contribution < 1.29 is 5.11 Å². The minimum Gasteiger partial charge on any atom is -0.384 e. The van der Waals surface area contributed by atoms with Crippen molar-refractivity contribution in [3.8, 4) is 5.69 Å². The van der Waals surface area contributed by atoms with Crippen LogP contribution in [0.5, 0.6) is 0 Å². The van der Waals surface area contributed by atoms with Crippen molar-refractivity contribution in [2.24, 2.45) is 0 Å². The number of aromatic nitrogens is 4. The van der Waals surface area contributed by atoms with Crippen molar-refractivity contribution in [2.45, 2.75) is 39.0 Å². The van der Waals surface area contributed by atoms with Crippen molar-refractivity contribution >= 4 is 22.4 Å². The summed E-state index contributed by atoms with van der Waals surface area (Å²) < 4.78 is 3.44. The number of allylic oxidation sites excluding steroid dienone is 1. The van der Waals surface area contributed by atoms with Gasteiger partial charge in [0.2, 0.25) is 0 Å². The van der Waals surface area contributed by atoms with E-state index >= 15 is 0 Å². The standard InChI is InChI=1S/C26H28N6O2/c1-4-11-31-25(33)21-16-29-24(30-19-6-5-18-15-27-9-7-17(18)12-19)14-22(21)32(31)20-8-10-28-23(13-20)26(2,3)34/h4-6,8,10,12-14,16,27,34H,1,7,9,11,15H2,2-3H3,(H,29,30). The van der Waals surface area contributed by atoms with Crippen molar-refractivity contribution in [3.05, 3.63) is 88.6 Å². The summed E-state index contributed by atoms with van der Waals surface area (Å²) in [6.45, 7) is 9.37. The first kappa shape index (κ1) is 22.1. The Morgan fingerprint density at radius 3 is 2.85 bits per heavy atom. The Kier molecular flexibility index (Phi) is 5.55. The molecule has 1 aromatic carbocycles. The highest BCUT2D eigenvalue weighted by Gasteiger charge is 2.21. The van der Waals surface area contributed by atoms with Crippen molar-refractivity contribution in [1.82, 2.24) is 24.6 Å². The summed E-state index contributed by atoms with van der Waals surface area (Å²) in [5.41, 5.74) is 4.28. The molecule has 0 bridgehead atoms. The van der Waals surface area contributed by atoms with E-state index in [0.717, 1.165) is 30.9 Å². The summed E-state index contributed by atoms with van der Waals surface area (Å²) in [4.78, 5) is 22.0. The topological polar surface area (TPSA) is 97.0 Å². The molecule has 4 heterocycles. The quantitative estimate of drug-likeness (QED) is 0.385. The first-order valence-corrected chi connectivity index (χ1v) is 11.4. The zero-order valence-electron chi connectivity index (χ0n) is 19.4. The van der Waals surface area contributed by atoms with E-state index in [-0.39, 0.29) is 5.56 Å². The van der Waals surface area contributed by atoms with E-state index in [1.54, 1.807) is 43.1 Å². The summed E-state index contributed by atoms with van der Waals surface area (Å²) in [6, 6.07) is 11.8. The van der Waals surface area contributed by atoms with Crippen LogP contribution in [0.1, 0.15) is 30.7 Å². The maximum absolute atomic E-state index is 13.2. The first-order valence-electron chi connectivity index (χ1n) is 11.4. The number of rotatable bonds is 6. The molecule has 0 radical (unpaired) electrons. The summed E-state index contributed by atoms with van der Waals surface area (Å²) in [5, 5.41) is 17.7. The van der Waals surface area contributed by atoms with Crippen LogP contribution in [0, 0.1) is 0 Å². The van der Waals surface area contributed by atoms with Gasteiger partial charge in [0.25, 0.3) is 5.56 Å². The largest absolute Gasteiger partial charge is 0.384 e. The Morgan fingerprint density at radius 1 is 1.21 bits per heavy atom. The SMILES string of the molecule is C=CCn1c(=O)c2cnc(Nc3ccc4c(c3)CCNC4)cc2n1-c1ccnc(C(C)(C)O)c1. The first-order chi connectivity index (χ1) is 16.3. The van der Waals surface area contributed by atoms with Gasteiger partial charge in [0.15, 0.2) is 0 Å². The third kappa shape index (κ3) is 4.02. The second kappa shape index (κ2) is 8.55. The minimum absolute atomic E-state index is 0.156. The minimum atomic E-state index is -1.11. The van der Waals surface area contributed by atoms with Gasteiger partial charge in [-0.1, -0.05) is 12.1 Å². The summed E-state index contributed by atoms with van der Waals surface area (Å²) >= 11 is 0. The smallest absolute Gasteiger partial charge is 0.276 e. The third-order valence-electron chi connectivity index (χ3n) is 6.10. The van der Waals surface area contributed by atoms with Gasteiger partial charge in [-0.2, -0.15) is 0 Å². The highest BCUT2D eigenvalue weighted by atomic mass is 16.3. The molecule has 0 saturated heterocycles. The van der Waals surface area contributed by atoms with Crippen LogP contribution in [0.2, 0.25) is 0 Å². The van der Waals surface area contributed by atoms with Crippen molar-refractivity contribution in [3.63, 3.8) is 0 Å². The van der Waals surface area contributed by atoms with Crippen LogP contribution in [-0.4, -0.2) is 31.0 Å². The van der Waals surface area contributed by atoms with Gasteiger partial charge in [-0.05, 0) is 62.2 Å². The van der Waals surface area contributed by atoms with Gasteiger partial charge in [-0.3, -0.25) is 9.78 Å². The number of hydrogen-bond acceptors (Lipinski definition) is 6. The van der Waals surface area contributed by atoms with Crippen LogP contribution in [0.4, 0.5) is 11.5 Å². The van der Waals surface area contributed by atoms with Crippen LogP contribution in [-0.2, 0) is 25.1 Å². The molecule has 8 heteroatoms. The highest BCUT2D eigenvalue weighted by Crippen LogP contribution is 2.26. The fourth-order valence-electron chi connectivity index (χ4n) is 4.37. The van der Waals surface area contributed by atoms with Crippen LogP contribution >= 0.6 is 0 Å². The molecule has 34 heavy (non-hydrogen) atoms. The molecule has 0 fully saturated rings. The van der Waals surface area contributed by atoms with E-state index in [4.69, 9.17) is 0 Å². The molecule has 1 aliphatic heterocycles. The highest BCUT2D eigenvalue weighted by molar-refractivity contribution is 5.83. The van der Waals surface area contributed by atoms with Crippen molar-refractivity contribution in [2.75, 3.05) is 11.9 Å². The van der Waals surface area contributed by atoms with Gasteiger partial charge >= 0.3 is 0 Å². The molecular weight excluding hydrogens is 428 g/mol. The van der Waals surface area contributed by atoms with Gasteiger partial charge in [0, 0.05) is 30.7 Å². The number of aliphatic hydroxyl groups is 1. The van der Waals surface area contributed by atoms with Crippen LogP contribution in [0.25, 0.3) is 16.6 Å². The van der Waals surface area contributed by atoms with Crippen LogP contribution in [0.15, 0.2) is 66.2 Å². The number of hydrogen-bond donors (Lipinski definition) is 3. The predicted molar refractivity (Wildman–Crippen MR) is 134 cm³/mol. The number of anilines is 2. The molecule has 1 aliphatic rings. The predicted octanol–water partition coefficient (Wildman–Crippen LogP) is 3.38. The fraction of sp³-hybridized carbons (Fsp3) is 0.269. The molecule has 0 aliphatic carbocycles. The molecule has 0 unspecified atom stereocenters. The Hall–Kier alpha value is -3.75. The van der Waals surface area contributed by atoms with Crippen LogP contribution < -0.4 is 16.2 Å². The lowest BCUT2D eigenvalue weighted by molar-refractivity contribution is 0.0738. The van der Waals surface area contributed by atoms with Crippen molar-refractivity contribution in [1.29, 1.82) is 0 Å². The number of fused-ring (bicyclic) bond motifs is 2. The molecule has 174 valence electrons. The normalized spacial score (nSPS) is 13.6. The van der Waals surface area contributed by atoms with Gasteiger partial charge in [0.05, 0.1) is 28.8 Å². The Morgan fingerprint density at radius 2 is 2.06 bits per heavy atom. The summed E-state index contributed by atoms with van der Waals surface area (Å²) in [7, 11) is 0. The molecule has 4 aromatic rings.